The van der Waals surface area contributed by atoms with Gasteiger partial charge in [-0.05, 0) is 74.7 Å². The van der Waals surface area contributed by atoms with E-state index in [9.17, 15) is 15.0 Å². The summed E-state index contributed by atoms with van der Waals surface area (Å²) in [5.74, 6) is 0.612. The minimum absolute atomic E-state index is 0.104. The summed E-state index contributed by atoms with van der Waals surface area (Å²) in [7, 11) is 0. The highest BCUT2D eigenvalue weighted by molar-refractivity contribution is 6.07. The molecule has 0 saturated carbocycles. The quantitative estimate of drug-likeness (QED) is 0.356. The van der Waals surface area contributed by atoms with Gasteiger partial charge in [0.25, 0.3) is 0 Å². The maximum Gasteiger partial charge on any atom is 0.185 e. The molecular weight excluding hydrogens is 352 g/mol. The van der Waals surface area contributed by atoms with Crippen molar-refractivity contribution in [2.45, 2.75) is 32.8 Å². The number of phenolic OH excluding ortho intramolecular Hbond substituents is 2. The maximum absolute atomic E-state index is 12.5. The lowest BCUT2D eigenvalue weighted by Crippen LogP contribution is -2.10. The molecule has 0 bridgehead atoms. The van der Waals surface area contributed by atoms with Crippen molar-refractivity contribution in [3.8, 4) is 17.2 Å². The highest BCUT2D eigenvalue weighted by Crippen LogP contribution is 2.37. The van der Waals surface area contributed by atoms with Crippen molar-refractivity contribution in [2.75, 3.05) is 0 Å². The van der Waals surface area contributed by atoms with Crippen LogP contribution in [0.15, 0.2) is 61.7 Å². The minimum Gasteiger partial charge on any atom is -0.508 e. The van der Waals surface area contributed by atoms with Crippen LogP contribution in [0.1, 0.15) is 40.9 Å². The van der Waals surface area contributed by atoms with Crippen LogP contribution in [-0.4, -0.2) is 22.1 Å². The standard InChI is InChI=1S/C24H26O4/c1-5-7-18-15-19(11-14-22(26)17-9-12-20(25)13-10-17)24(28-16(3)4)21(8-6-2)23(18)27/h5-6,9-16,25,27H,1-2,7-8H2,3-4H3. The number of aromatic hydroxyl groups is 2. The molecule has 0 unspecified atom stereocenters. The van der Waals surface area contributed by atoms with Crippen molar-refractivity contribution in [1.29, 1.82) is 0 Å². The molecule has 0 saturated heterocycles. The summed E-state index contributed by atoms with van der Waals surface area (Å²) < 4.78 is 5.97. The van der Waals surface area contributed by atoms with E-state index in [0.717, 1.165) is 0 Å². The predicted octanol–water partition coefficient (Wildman–Crippen LogP) is 5.24. The largest absolute Gasteiger partial charge is 0.508 e. The van der Waals surface area contributed by atoms with Crippen molar-refractivity contribution < 1.29 is 19.7 Å². The van der Waals surface area contributed by atoms with Gasteiger partial charge >= 0.3 is 0 Å². The summed E-state index contributed by atoms with van der Waals surface area (Å²) in [5.41, 5.74) is 2.52. The summed E-state index contributed by atoms with van der Waals surface area (Å²) in [4.78, 5) is 12.5. The van der Waals surface area contributed by atoms with Gasteiger partial charge in [-0.15, -0.1) is 13.2 Å². The van der Waals surface area contributed by atoms with Crippen LogP contribution in [0.2, 0.25) is 0 Å². The van der Waals surface area contributed by atoms with Gasteiger partial charge in [0, 0.05) is 16.7 Å². The fourth-order valence-electron chi connectivity index (χ4n) is 2.83. The maximum atomic E-state index is 12.5. The molecule has 0 spiro atoms. The smallest absolute Gasteiger partial charge is 0.185 e. The molecule has 0 heterocycles. The molecule has 2 aromatic rings. The molecule has 0 fully saturated rings. The topological polar surface area (TPSA) is 66.8 Å². The number of ketones is 1. The zero-order valence-corrected chi connectivity index (χ0v) is 16.3. The first-order valence-electron chi connectivity index (χ1n) is 9.15. The van der Waals surface area contributed by atoms with E-state index in [1.54, 1.807) is 30.4 Å². The van der Waals surface area contributed by atoms with Gasteiger partial charge < -0.3 is 14.9 Å². The zero-order chi connectivity index (χ0) is 20.7. The van der Waals surface area contributed by atoms with Gasteiger partial charge in [0.05, 0.1) is 6.10 Å². The van der Waals surface area contributed by atoms with E-state index in [0.29, 0.717) is 40.8 Å². The van der Waals surface area contributed by atoms with Crippen LogP contribution in [0.4, 0.5) is 0 Å². The minimum atomic E-state index is -0.195. The second-order valence-electron chi connectivity index (χ2n) is 6.68. The number of carbonyl (C=O) groups excluding carboxylic acids is 1. The van der Waals surface area contributed by atoms with E-state index in [4.69, 9.17) is 4.74 Å². The van der Waals surface area contributed by atoms with Crippen molar-refractivity contribution in [3.63, 3.8) is 0 Å². The molecule has 28 heavy (non-hydrogen) atoms. The molecule has 2 N–H and O–H groups in total. The number of hydrogen-bond donors (Lipinski definition) is 2. The number of benzene rings is 2. The Hall–Kier alpha value is -3.27. The molecule has 4 heteroatoms. The monoisotopic (exact) mass is 378 g/mol. The van der Waals surface area contributed by atoms with Crippen LogP contribution in [0, 0.1) is 0 Å². The van der Waals surface area contributed by atoms with Crippen molar-refractivity contribution in [2.24, 2.45) is 0 Å². The second-order valence-corrected chi connectivity index (χ2v) is 6.68. The molecule has 0 atom stereocenters. The van der Waals surface area contributed by atoms with Crippen molar-refractivity contribution in [3.05, 3.63) is 84.0 Å². The Morgan fingerprint density at radius 1 is 1.11 bits per heavy atom. The van der Waals surface area contributed by atoms with E-state index in [-0.39, 0.29) is 23.4 Å². The SMILES string of the molecule is C=CCc1cc(C=CC(=O)c2ccc(O)cc2)c(OC(C)C)c(CC=C)c1O. The Balaban J connectivity index is 2.52. The molecular formula is C24H26O4. The summed E-state index contributed by atoms with van der Waals surface area (Å²) in [6.07, 6.45) is 7.39. The normalized spacial score (nSPS) is 11.0. The fraction of sp³-hybridized carbons (Fsp3) is 0.208. The molecule has 4 nitrogen and oxygen atoms in total. The lowest BCUT2D eigenvalue weighted by atomic mass is 9.97. The van der Waals surface area contributed by atoms with Crippen LogP contribution >= 0.6 is 0 Å². The number of ether oxygens (including phenoxy) is 1. The first-order chi connectivity index (χ1) is 13.4. The highest BCUT2D eigenvalue weighted by atomic mass is 16.5. The van der Waals surface area contributed by atoms with E-state index >= 15 is 0 Å². The molecule has 2 aromatic carbocycles. The van der Waals surface area contributed by atoms with Gasteiger partial charge in [-0.2, -0.15) is 0 Å². The average molecular weight is 378 g/mol. The van der Waals surface area contributed by atoms with Crippen molar-refractivity contribution in [1.82, 2.24) is 0 Å². The summed E-state index contributed by atoms with van der Waals surface area (Å²) >= 11 is 0. The molecule has 2 rings (SSSR count). The molecule has 0 aliphatic carbocycles. The summed E-state index contributed by atoms with van der Waals surface area (Å²) in [6.45, 7) is 11.3. The predicted molar refractivity (Wildman–Crippen MR) is 113 cm³/mol. The van der Waals surface area contributed by atoms with Gasteiger partial charge in [-0.3, -0.25) is 4.79 Å². The molecule has 0 aliphatic heterocycles. The van der Waals surface area contributed by atoms with E-state index in [1.165, 1.54) is 18.2 Å². The fourth-order valence-corrected chi connectivity index (χ4v) is 2.83. The Bertz CT molecular complexity index is 890. The number of hydrogen-bond acceptors (Lipinski definition) is 4. The molecule has 0 amide bonds. The van der Waals surface area contributed by atoms with E-state index in [1.807, 2.05) is 19.9 Å². The second kappa shape index (κ2) is 9.60. The summed E-state index contributed by atoms with van der Waals surface area (Å²) in [6, 6.07) is 7.88. The van der Waals surface area contributed by atoms with E-state index in [2.05, 4.69) is 13.2 Å². The third-order valence-corrected chi connectivity index (χ3v) is 4.09. The molecule has 0 aromatic heterocycles. The summed E-state index contributed by atoms with van der Waals surface area (Å²) in [5, 5.41) is 20.0. The average Bonchev–Trinajstić information content (AvgIpc) is 2.66. The third kappa shape index (κ3) is 5.13. The van der Waals surface area contributed by atoms with Crippen LogP contribution in [-0.2, 0) is 12.8 Å². The Morgan fingerprint density at radius 3 is 2.32 bits per heavy atom. The van der Waals surface area contributed by atoms with Crippen LogP contribution in [0.5, 0.6) is 17.2 Å². The highest BCUT2D eigenvalue weighted by Gasteiger charge is 2.18. The number of phenols is 2. The van der Waals surface area contributed by atoms with Gasteiger partial charge in [-0.25, -0.2) is 0 Å². The molecule has 0 aliphatic rings. The molecule has 0 radical (unpaired) electrons. The van der Waals surface area contributed by atoms with Gasteiger partial charge in [0.2, 0.25) is 0 Å². The first kappa shape index (κ1) is 21.0. The molecule has 146 valence electrons. The van der Waals surface area contributed by atoms with Crippen molar-refractivity contribution >= 4 is 11.9 Å². The van der Waals surface area contributed by atoms with Gasteiger partial charge in [0.1, 0.15) is 17.2 Å². The number of rotatable bonds is 9. The number of allylic oxidation sites excluding steroid dienone is 3. The first-order valence-corrected chi connectivity index (χ1v) is 9.15. The van der Waals surface area contributed by atoms with Gasteiger partial charge in [0.15, 0.2) is 5.78 Å². The van der Waals surface area contributed by atoms with Crippen LogP contribution < -0.4 is 4.74 Å². The van der Waals surface area contributed by atoms with Crippen LogP contribution in [0.25, 0.3) is 6.08 Å². The third-order valence-electron chi connectivity index (χ3n) is 4.09. The lowest BCUT2D eigenvalue weighted by molar-refractivity contribution is 0.104. The lowest BCUT2D eigenvalue weighted by Gasteiger charge is -2.19. The Morgan fingerprint density at radius 2 is 1.75 bits per heavy atom. The van der Waals surface area contributed by atoms with Crippen LogP contribution in [0.3, 0.4) is 0 Å². The van der Waals surface area contributed by atoms with E-state index < -0.39 is 0 Å². The Labute approximate surface area is 166 Å². The number of carbonyl (C=O) groups is 1. The van der Waals surface area contributed by atoms with Gasteiger partial charge in [-0.1, -0.05) is 12.2 Å². The Kier molecular flexibility index (Phi) is 7.21. The zero-order valence-electron chi connectivity index (χ0n) is 16.3.